The second-order valence-electron chi connectivity index (χ2n) is 8.54. The molecule has 3 aromatic heterocycles. The summed E-state index contributed by atoms with van der Waals surface area (Å²) in [4.78, 5) is 26.3. The number of carbonyl (C=O) groups is 1. The summed E-state index contributed by atoms with van der Waals surface area (Å²) in [5.74, 6) is -0.171. The van der Waals surface area contributed by atoms with Crippen LogP contribution in [0.2, 0.25) is 5.15 Å². The molecule has 0 aliphatic carbocycles. The van der Waals surface area contributed by atoms with Crippen molar-refractivity contribution in [1.29, 1.82) is 0 Å². The molecule has 1 amide bonds. The number of nitrogens with one attached hydrogen (secondary N) is 1. The number of pyridine rings is 2. The first-order valence-electron chi connectivity index (χ1n) is 11.4. The molecule has 186 valence electrons. The molecular formula is C27H22ClN5O3S. The highest BCUT2D eigenvalue weighted by atomic mass is 35.5. The third-order valence-corrected chi connectivity index (χ3v) is 7.57. The fraction of sp³-hybridized carbons (Fsp3) is 0.111. The summed E-state index contributed by atoms with van der Waals surface area (Å²) < 4.78 is 29.2. The molecule has 5 aromatic rings. The molecule has 2 aromatic carbocycles. The molecule has 1 N–H and O–H groups in total. The molecule has 3 heterocycles. The number of carbonyl (C=O) groups excluding carboxylic acids is 1. The number of hydrogen-bond acceptors (Lipinski definition) is 6. The lowest BCUT2D eigenvalue weighted by atomic mass is 10.1. The minimum atomic E-state index is -4.05. The largest absolute Gasteiger partial charge is 0.308 e. The Hall–Kier alpha value is -4.08. The number of rotatable bonds is 6. The second-order valence-corrected chi connectivity index (χ2v) is 10.6. The Morgan fingerprint density at radius 3 is 2.32 bits per heavy atom. The molecule has 0 unspecified atom stereocenters. The number of aryl methyl sites for hydroxylation is 2. The van der Waals surface area contributed by atoms with Crippen molar-refractivity contribution in [2.45, 2.75) is 25.3 Å². The monoisotopic (exact) mass is 531 g/mol. The van der Waals surface area contributed by atoms with Crippen LogP contribution in [0.5, 0.6) is 0 Å². The molecule has 37 heavy (non-hydrogen) atoms. The van der Waals surface area contributed by atoms with Gasteiger partial charge in [-0.15, -0.1) is 0 Å². The van der Waals surface area contributed by atoms with Gasteiger partial charge in [0.2, 0.25) is 0 Å². The summed E-state index contributed by atoms with van der Waals surface area (Å²) in [6.45, 7) is 3.99. The van der Waals surface area contributed by atoms with Gasteiger partial charge in [-0.3, -0.25) is 4.79 Å². The summed E-state index contributed by atoms with van der Waals surface area (Å²) in [6, 6.07) is 22.8. The van der Waals surface area contributed by atoms with Gasteiger partial charge in [-0.2, -0.15) is 0 Å². The predicted octanol–water partition coefficient (Wildman–Crippen LogP) is 4.93. The Labute approximate surface area is 219 Å². The van der Waals surface area contributed by atoms with Crippen molar-refractivity contribution in [2.24, 2.45) is 0 Å². The van der Waals surface area contributed by atoms with Crippen molar-refractivity contribution in [3.05, 3.63) is 107 Å². The molecule has 10 heteroatoms. The van der Waals surface area contributed by atoms with Gasteiger partial charge >= 0.3 is 0 Å². The van der Waals surface area contributed by atoms with Crippen molar-refractivity contribution in [3.8, 4) is 11.3 Å². The zero-order valence-corrected chi connectivity index (χ0v) is 21.6. The van der Waals surface area contributed by atoms with Crippen LogP contribution in [0.4, 0.5) is 0 Å². The van der Waals surface area contributed by atoms with Crippen molar-refractivity contribution in [1.82, 2.24) is 24.2 Å². The number of imidazole rings is 1. The highest BCUT2D eigenvalue weighted by molar-refractivity contribution is 7.90. The number of amides is 1. The lowest BCUT2D eigenvalue weighted by molar-refractivity contribution is 0.0977. The molecule has 0 spiro atoms. The Morgan fingerprint density at radius 1 is 0.892 bits per heavy atom. The summed E-state index contributed by atoms with van der Waals surface area (Å²) in [7, 11) is -4.05. The summed E-state index contributed by atoms with van der Waals surface area (Å²) in [5.41, 5.74) is 4.33. The first-order valence-corrected chi connectivity index (χ1v) is 13.3. The number of fused-ring (bicyclic) bond motifs is 1. The number of benzene rings is 2. The van der Waals surface area contributed by atoms with Gasteiger partial charge in [-0.05, 0) is 44.2 Å². The van der Waals surface area contributed by atoms with E-state index in [1.165, 1.54) is 18.2 Å². The van der Waals surface area contributed by atoms with E-state index >= 15 is 0 Å². The van der Waals surface area contributed by atoms with E-state index in [9.17, 15) is 13.2 Å². The van der Waals surface area contributed by atoms with Gasteiger partial charge in [0.1, 0.15) is 22.2 Å². The Morgan fingerprint density at radius 2 is 1.62 bits per heavy atom. The van der Waals surface area contributed by atoms with Gasteiger partial charge in [-0.25, -0.2) is 28.1 Å². The van der Waals surface area contributed by atoms with Crippen molar-refractivity contribution in [2.75, 3.05) is 0 Å². The van der Waals surface area contributed by atoms with E-state index < -0.39 is 15.9 Å². The number of aromatic nitrogens is 4. The van der Waals surface area contributed by atoms with Crippen LogP contribution < -0.4 is 4.72 Å². The van der Waals surface area contributed by atoms with Crippen molar-refractivity contribution >= 4 is 38.7 Å². The fourth-order valence-electron chi connectivity index (χ4n) is 3.90. The Kier molecular flexibility index (Phi) is 6.49. The van der Waals surface area contributed by atoms with E-state index in [0.29, 0.717) is 28.7 Å². The first-order chi connectivity index (χ1) is 17.7. The zero-order valence-electron chi connectivity index (χ0n) is 20.0. The van der Waals surface area contributed by atoms with Crippen LogP contribution in [0, 0.1) is 13.8 Å². The molecule has 5 rings (SSSR count). The minimum absolute atomic E-state index is 0.00509. The molecule has 0 aliphatic rings. The van der Waals surface area contributed by atoms with Crippen LogP contribution in [0.25, 0.3) is 22.4 Å². The zero-order chi connectivity index (χ0) is 26.2. The third-order valence-electron chi connectivity index (χ3n) is 5.90. The smallest absolute Gasteiger partial charge is 0.283 e. The summed E-state index contributed by atoms with van der Waals surface area (Å²) in [5, 5.41) is 0.348. The maximum Gasteiger partial charge on any atom is 0.283 e. The molecule has 0 fully saturated rings. The van der Waals surface area contributed by atoms with Crippen LogP contribution in [0.3, 0.4) is 0 Å². The van der Waals surface area contributed by atoms with Gasteiger partial charge in [-0.1, -0.05) is 65.7 Å². The molecule has 0 saturated heterocycles. The van der Waals surface area contributed by atoms with E-state index in [1.807, 2.05) is 60.9 Å². The van der Waals surface area contributed by atoms with Gasteiger partial charge in [0.15, 0.2) is 5.65 Å². The third kappa shape index (κ3) is 5.09. The minimum Gasteiger partial charge on any atom is -0.308 e. The van der Waals surface area contributed by atoms with Crippen LogP contribution in [-0.4, -0.2) is 33.8 Å². The Balaban J connectivity index is 1.43. The SMILES string of the molecule is Cc1ccc(S(=O)(=O)NC(=O)c2ccc3nc(C)n(Cc4ccc(-c5ccccc5)nc4Cl)c3n2)cc1. The summed E-state index contributed by atoms with van der Waals surface area (Å²) >= 11 is 6.53. The van der Waals surface area contributed by atoms with Crippen LogP contribution in [-0.2, 0) is 16.6 Å². The molecule has 8 nitrogen and oxygen atoms in total. The number of sulfonamides is 1. The predicted molar refractivity (Wildman–Crippen MR) is 142 cm³/mol. The van der Waals surface area contributed by atoms with E-state index in [-0.39, 0.29) is 10.6 Å². The molecule has 0 aliphatic heterocycles. The fourth-order valence-corrected chi connectivity index (χ4v) is 5.08. The van der Waals surface area contributed by atoms with Crippen molar-refractivity contribution < 1.29 is 13.2 Å². The standard InChI is InChI=1S/C27H22ClN5O3S/c1-17-8-11-21(12-9-17)37(35,36)32-27(34)24-15-14-23-26(31-24)33(18(2)29-23)16-20-10-13-22(30-25(20)28)19-6-4-3-5-7-19/h3-15H,16H2,1-2H3,(H,32,34). The lowest BCUT2D eigenvalue weighted by Crippen LogP contribution is -2.31. The Bertz CT molecular complexity index is 1730. The van der Waals surface area contributed by atoms with Gasteiger partial charge in [0.25, 0.3) is 15.9 Å². The number of hydrogen-bond donors (Lipinski definition) is 1. The highest BCUT2D eigenvalue weighted by Crippen LogP contribution is 2.24. The molecule has 0 atom stereocenters. The van der Waals surface area contributed by atoms with Gasteiger partial charge in [0, 0.05) is 11.1 Å². The maximum atomic E-state index is 12.8. The van der Waals surface area contributed by atoms with E-state index in [2.05, 4.69) is 19.7 Å². The van der Waals surface area contributed by atoms with E-state index in [0.717, 1.165) is 22.4 Å². The topological polar surface area (TPSA) is 107 Å². The van der Waals surface area contributed by atoms with Crippen molar-refractivity contribution in [3.63, 3.8) is 0 Å². The van der Waals surface area contributed by atoms with Gasteiger partial charge in [0.05, 0.1) is 17.1 Å². The molecule has 0 bridgehead atoms. The first kappa shape index (κ1) is 24.6. The molecular weight excluding hydrogens is 510 g/mol. The average molecular weight is 532 g/mol. The summed E-state index contributed by atoms with van der Waals surface area (Å²) in [6.07, 6.45) is 0. The quantitative estimate of drug-likeness (QED) is 0.311. The van der Waals surface area contributed by atoms with Crippen LogP contribution in [0.15, 0.2) is 83.8 Å². The van der Waals surface area contributed by atoms with Gasteiger partial charge < -0.3 is 4.57 Å². The highest BCUT2D eigenvalue weighted by Gasteiger charge is 2.21. The number of halogens is 1. The normalized spacial score (nSPS) is 11.5. The average Bonchev–Trinajstić information content (AvgIpc) is 3.19. The van der Waals surface area contributed by atoms with Crippen LogP contribution >= 0.6 is 11.6 Å². The lowest BCUT2D eigenvalue weighted by Gasteiger charge is -2.10. The maximum absolute atomic E-state index is 12.8. The molecule has 0 saturated carbocycles. The van der Waals surface area contributed by atoms with Crippen LogP contribution in [0.1, 0.15) is 27.4 Å². The van der Waals surface area contributed by atoms with E-state index in [4.69, 9.17) is 11.6 Å². The second kappa shape index (κ2) is 9.76. The number of nitrogens with zero attached hydrogens (tertiary/aromatic N) is 4. The van der Waals surface area contributed by atoms with E-state index in [1.54, 1.807) is 18.2 Å². The molecule has 0 radical (unpaired) electrons.